The third kappa shape index (κ3) is 34.9. The van der Waals surface area contributed by atoms with E-state index in [9.17, 15) is 20.4 Å². The van der Waals surface area contributed by atoms with Crippen molar-refractivity contribution >= 4 is 69.1 Å². The van der Waals surface area contributed by atoms with Crippen LogP contribution in [0, 0.1) is 34.5 Å². The molecule has 4 unspecified atom stereocenters. The van der Waals surface area contributed by atoms with Gasteiger partial charge >= 0.3 is 0 Å². The fraction of sp³-hybridized carbons (Fsp3) is 0.938. The summed E-state index contributed by atoms with van der Waals surface area (Å²) in [6.07, 6.45) is 57.3. The van der Waals surface area contributed by atoms with Crippen LogP contribution in [0.3, 0.4) is 0 Å². The van der Waals surface area contributed by atoms with Gasteiger partial charge in [-0.15, -0.1) is 0 Å². The lowest BCUT2D eigenvalue weighted by atomic mass is 9.44. The minimum absolute atomic E-state index is 0.0320. The van der Waals surface area contributed by atoms with Gasteiger partial charge in [0, 0.05) is 29.1 Å². The predicted molar refractivity (Wildman–Crippen MR) is 340 cm³/mol. The van der Waals surface area contributed by atoms with Crippen LogP contribution in [-0.2, 0) is 0 Å². The summed E-state index contributed by atoms with van der Waals surface area (Å²) < 4.78 is 0. The van der Waals surface area contributed by atoms with Crippen LogP contribution in [-0.4, -0.2) is 40.6 Å². The molecule has 432 valence electrons. The van der Waals surface area contributed by atoms with Crippen LogP contribution in [0.1, 0.15) is 356 Å². The fourth-order valence-corrected chi connectivity index (χ4v) is 14.2. The van der Waals surface area contributed by atoms with Crippen molar-refractivity contribution in [2.24, 2.45) is 34.5 Å². The SMILES string of the molecule is CCCCCCCCCCCCCC(CC(C)(C)C(C(CCCCCCCCCCCCC)C(O)=S)(C(CCCCCCCCCCCCC)C(O)=S)C(CCCCCCCCCCCCC)C(O)=S)C(O)=S. The van der Waals surface area contributed by atoms with Crippen molar-refractivity contribution in [1.29, 1.82) is 0 Å². The molecule has 4 nitrogen and oxygen atoms in total. The molecule has 0 amide bonds. The van der Waals surface area contributed by atoms with Gasteiger partial charge in [-0.2, -0.15) is 0 Å². The van der Waals surface area contributed by atoms with Crippen molar-refractivity contribution in [3.05, 3.63) is 0 Å². The van der Waals surface area contributed by atoms with Gasteiger partial charge in [0.15, 0.2) is 20.2 Å². The van der Waals surface area contributed by atoms with Crippen molar-refractivity contribution in [3.63, 3.8) is 0 Å². The van der Waals surface area contributed by atoms with Gasteiger partial charge in [0.25, 0.3) is 0 Å². The average Bonchev–Trinajstić information content (AvgIpc) is 3.35. The molecule has 0 aromatic rings. The first-order chi connectivity index (χ1) is 35.3. The zero-order valence-electron chi connectivity index (χ0n) is 49.4. The fourth-order valence-electron chi connectivity index (χ4n) is 13.0. The van der Waals surface area contributed by atoms with E-state index in [4.69, 9.17) is 48.9 Å². The average molecular weight is 1100 g/mol. The summed E-state index contributed by atoms with van der Waals surface area (Å²) >= 11 is 23.8. The van der Waals surface area contributed by atoms with Gasteiger partial charge in [-0.05, 0) is 86.4 Å². The van der Waals surface area contributed by atoms with E-state index in [2.05, 4.69) is 41.5 Å². The van der Waals surface area contributed by atoms with E-state index in [0.717, 1.165) is 77.0 Å². The Hall–Kier alpha value is -0.440. The van der Waals surface area contributed by atoms with Gasteiger partial charge in [0.1, 0.15) is 0 Å². The van der Waals surface area contributed by atoms with Crippen LogP contribution >= 0.6 is 48.9 Å². The first-order valence-corrected chi connectivity index (χ1v) is 33.8. The maximum atomic E-state index is 12.1. The second-order valence-corrected chi connectivity index (χ2v) is 25.7. The Kier molecular flexibility index (Phi) is 49.5. The molecule has 0 aromatic heterocycles. The first-order valence-electron chi connectivity index (χ1n) is 32.2. The molecule has 0 aliphatic rings. The number of unbranched alkanes of at least 4 members (excludes halogenated alkanes) is 40. The van der Waals surface area contributed by atoms with Crippen LogP contribution in [0.15, 0.2) is 0 Å². The molecule has 0 saturated carbocycles. The summed E-state index contributed by atoms with van der Waals surface area (Å²) in [6.45, 7) is 13.6. The van der Waals surface area contributed by atoms with Crippen LogP contribution in [0.2, 0.25) is 0 Å². The Morgan fingerprint density at radius 3 is 0.630 bits per heavy atom. The molecule has 0 rings (SSSR count). The lowest BCUT2D eigenvalue weighted by Crippen LogP contribution is -2.60. The maximum absolute atomic E-state index is 12.1. The Balaban J connectivity index is 6.91. The molecule has 4 N–H and O–H groups in total. The highest BCUT2D eigenvalue weighted by Gasteiger charge is 2.62. The van der Waals surface area contributed by atoms with Gasteiger partial charge in [-0.25, -0.2) is 0 Å². The molecule has 0 bridgehead atoms. The minimum atomic E-state index is -1.01. The number of aliphatic hydroxyl groups excluding tert-OH is 4. The Labute approximate surface area is 477 Å². The third-order valence-electron chi connectivity index (χ3n) is 17.3. The lowest BCUT2D eigenvalue weighted by molar-refractivity contribution is -0.0706. The highest BCUT2D eigenvalue weighted by Crippen LogP contribution is 2.62. The zero-order valence-corrected chi connectivity index (χ0v) is 52.6. The maximum Gasteiger partial charge on any atom is 0.160 e. The van der Waals surface area contributed by atoms with Crippen molar-refractivity contribution in [2.45, 2.75) is 356 Å². The number of hydrogen-bond acceptors (Lipinski definition) is 4. The number of thiocarbonyl (C=S) groups is 4. The number of aliphatic hydroxyl groups is 4. The Bertz CT molecular complexity index is 1200. The summed E-state index contributed by atoms with van der Waals surface area (Å²) in [5, 5.41) is 47.6. The van der Waals surface area contributed by atoms with Crippen LogP contribution in [0.4, 0.5) is 0 Å². The standard InChI is InChI=1S/C65H124O4S4/c1-7-11-15-19-23-27-31-35-39-43-47-51-56(60(66)70)55-64(5,6)65(57(61(67)71)52-48-44-40-36-32-28-24-20-16-12-8-2,58(62(68)72)53-49-45-41-37-33-29-25-21-17-13-9-3)59(63(69)73)54-50-46-42-38-34-30-26-22-18-14-10-4/h56-59H,7-55H2,1-6H3,(H,66,70)(H,67,71)(H,68,72)(H,69,73). The monoisotopic (exact) mass is 1100 g/mol. The molecule has 4 atom stereocenters. The quantitative estimate of drug-likeness (QED) is 0.0354. The molecule has 0 aromatic carbocycles. The van der Waals surface area contributed by atoms with Crippen molar-refractivity contribution in [2.75, 3.05) is 0 Å². The molecule has 0 aliphatic heterocycles. The molecule has 73 heavy (non-hydrogen) atoms. The molecule has 0 fully saturated rings. The minimum Gasteiger partial charge on any atom is -0.502 e. The highest BCUT2D eigenvalue weighted by atomic mass is 32.1. The van der Waals surface area contributed by atoms with E-state index in [-0.39, 0.29) is 26.1 Å². The topological polar surface area (TPSA) is 80.9 Å². The van der Waals surface area contributed by atoms with Crippen LogP contribution < -0.4 is 0 Å². The Morgan fingerprint density at radius 2 is 0.452 bits per heavy atom. The summed E-state index contributed by atoms with van der Waals surface area (Å²) in [5.41, 5.74) is -1.71. The lowest BCUT2D eigenvalue weighted by Gasteiger charge is -2.59. The number of rotatable bonds is 58. The normalized spacial score (nSPS) is 14.4. The van der Waals surface area contributed by atoms with Gasteiger partial charge in [0.2, 0.25) is 0 Å². The largest absolute Gasteiger partial charge is 0.502 e. The molecular weight excluding hydrogens is 973 g/mol. The predicted octanol–water partition coefficient (Wildman–Crippen LogP) is 24.2. The van der Waals surface area contributed by atoms with Crippen LogP contribution in [0.25, 0.3) is 0 Å². The van der Waals surface area contributed by atoms with E-state index < -0.39 is 28.6 Å². The van der Waals surface area contributed by atoms with Gasteiger partial charge < -0.3 is 20.4 Å². The van der Waals surface area contributed by atoms with E-state index in [1.807, 2.05) is 0 Å². The van der Waals surface area contributed by atoms with Gasteiger partial charge in [0.05, 0.1) is 0 Å². The third-order valence-corrected chi connectivity index (χ3v) is 18.5. The summed E-state index contributed by atoms with van der Waals surface area (Å²) in [5.74, 6) is -1.90. The van der Waals surface area contributed by atoms with Gasteiger partial charge in [-0.3, -0.25) is 0 Å². The first kappa shape index (κ1) is 72.6. The van der Waals surface area contributed by atoms with Gasteiger partial charge in [-0.1, -0.05) is 324 Å². The molecule has 0 radical (unpaired) electrons. The smallest absolute Gasteiger partial charge is 0.160 e. The highest BCUT2D eigenvalue weighted by molar-refractivity contribution is 7.80. The molecular formula is C65H124O4S4. The molecule has 0 heterocycles. The van der Waals surface area contributed by atoms with Crippen LogP contribution in [0.5, 0.6) is 0 Å². The van der Waals surface area contributed by atoms with E-state index in [1.54, 1.807) is 0 Å². The summed E-state index contributed by atoms with van der Waals surface area (Å²) in [6, 6.07) is 0. The van der Waals surface area contributed by atoms with Crippen molar-refractivity contribution < 1.29 is 20.4 Å². The van der Waals surface area contributed by atoms with E-state index >= 15 is 0 Å². The molecule has 0 spiro atoms. The summed E-state index contributed by atoms with van der Waals surface area (Å²) in [7, 11) is 0. The van der Waals surface area contributed by atoms with Crippen molar-refractivity contribution in [3.8, 4) is 0 Å². The second kappa shape index (κ2) is 49.8. The summed E-state index contributed by atoms with van der Waals surface area (Å²) in [4.78, 5) is 0. The van der Waals surface area contributed by atoms with E-state index in [1.165, 1.54) is 212 Å². The molecule has 0 aliphatic carbocycles. The second-order valence-electron chi connectivity index (χ2n) is 24.0. The molecule has 0 saturated heterocycles. The Morgan fingerprint density at radius 1 is 0.274 bits per heavy atom. The molecule has 8 heteroatoms. The number of hydrogen-bond donors (Lipinski definition) is 4. The van der Waals surface area contributed by atoms with Crippen molar-refractivity contribution in [1.82, 2.24) is 0 Å². The zero-order chi connectivity index (χ0) is 54.3. The van der Waals surface area contributed by atoms with E-state index in [0.29, 0.717) is 25.7 Å².